The Morgan fingerprint density at radius 3 is 2.72 bits per heavy atom. The quantitative estimate of drug-likeness (QED) is 0.671. The van der Waals surface area contributed by atoms with Crippen LogP contribution in [-0.2, 0) is 11.8 Å². The van der Waals surface area contributed by atoms with E-state index < -0.39 is 24.1 Å². The van der Waals surface area contributed by atoms with Crippen molar-refractivity contribution in [3.8, 4) is 0 Å². The molecule has 1 unspecified atom stereocenters. The van der Waals surface area contributed by atoms with Gasteiger partial charge in [-0.05, 0) is 6.92 Å². The molecule has 0 spiro atoms. The zero-order valence-electron chi connectivity index (χ0n) is 10.2. The Balaban J connectivity index is 2.42. The maximum Gasteiger partial charge on any atom is 0.332 e. The Kier molecular flexibility index (Phi) is 3.38. The molecule has 0 aromatic carbocycles. The smallest absolute Gasteiger partial charge is 0.332 e. The average molecular weight is 256 g/mol. The van der Waals surface area contributed by atoms with Crippen LogP contribution in [0.3, 0.4) is 0 Å². The fourth-order valence-electron chi connectivity index (χ4n) is 2.10. The summed E-state index contributed by atoms with van der Waals surface area (Å²) in [6, 6.07) is 0. The highest BCUT2D eigenvalue weighted by molar-refractivity contribution is 5.03. The normalized spacial score (nSPS) is 27.7. The van der Waals surface area contributed by atoms with Gasteiger partial charge in [0.2, 0.25) is 0 Å². The zero-order chi connectivity index (χ0) is 13.4. The van der Waals surface area contributed by atoms with Crippen molar-refractivity contribution in [2.24, 2.45) is 7.05 Å². The van der Waals surface area contributed by atoms with Gasteiger partial charge in [0.15, 0.2) is 0 Å². The summed E-state index contributed by atoms with van der Waals surface area (Å²) >= 11 is 0. The fourth-order valence-corrected chi connectivity index (χ4v) is 2.10. The molecule has 1 aliphatic rings. The summed E-state index contributed by atoms with van der Waals surface area (Å²) in [6.07, 6.45) is -0.538. The number of aromatic nitrogens is 2. The summed E-state index contributed by atoms with van der Waals surface area (Å²) in [5.74, 6) is 0. The number of hydrogen-bond acceptors (Lipinski definition) is 5. The lowest BCUT2D eigenvalue weighted by Crippen LogP contribution is -2.40. The van der Waals surface area contributed by atoms with Gasteiger partial charge < -0.3 is 14.9 Å². The van der Waals surface area contributed by atoms with Crippen molar-refractivity contribution in [3.05, 3.63) is 32.6 Å². The van der Waals surface area contributed by atoms with Crippen molar-refractivity contribution in [1.82, 2.24) is 9.13 Å². The standard InChI is InChI=1S/C11H16N2O5/c1-6-4-13(11(17)12(2)10(6)16)9-3-7(15)8(5-14)18-9/h4,7-9,14-15H,3,5H2,1-2H3/t7-,8+,9?/m0/s1. The monoisotopic (exact) mass is 256 g/mol. The number of nitrogens with zero attached hydrogens (tertiary/aromatic N) is 2. The fraction of sp³-hybridized carbons (Fsp3) is 0.636. The molecule has 2 heterocycles. The Bertz CT molecular complexity index is 562. The van der Waals surface area contributed by atoms with Gasteiger partial charge in [-0.1, -0.05) is 0 Å². The van der Waals surface area contributed by atoms with E-state index in [2.05, 4.69) is 0 Å². The Hall–Kier alpha value is -1.44. The van der Waals surface area contributed by atoms with Crippen molar-refractivity contribution in [2.75, 3.05) is 6.61 Å². The molecule has 18 heavy (non-hydrogen) atoms. The highest BCUT2D eigenvalue weighted by Gasteiger charge is 2.35. The highest BCUT2D eigenvalue weighted by atomic mass is 16.5. The topological polar surface area (TPSA) is 93.7 Å². The van der Waals surface area contributed by atoms with Gasteiger partial charge in [-0.15, -0.1) is 0 Å². The van der Waals surface area contributed by atoms with Gasteiger partial charge in [0.25, 0.3) is 5.56 Å². The Morgan fingerprint density at radius 2 is 2.17 bits per heavy atom. The van der Waals surface area contributed by atoms with Gasteiger partial charge in [-0.25, -0.2) is 4.79 Å². The predicted octanol–water partition coefficient (Wildman–Crippen LogP) is -1.50. The number of aliphatic hydroxyl groups excluding tert-OH is 2. The van der Waals surface area contributed by atoms with Gasteiger partial charge in [-0.3, -0.25) is 13.9 Å². The van der Waals surface area contributed by atoms with E-state index in [1.165, 1.54) is 17.8 Å². The number of aliphatic hydroxyl groups is 2. The van der Waals surface area contributed by atoms with E-state index in [9.17, 15) is 14.7 Å². The number of ether oxygens (including phenoxy) is 1. The van der Waals surface area contributed by atoms with Gasteiger partial charge in [0, 0.05) is 25.2 Å². The molecule has 7 heteroatoms. The molecule has 0 bridgehead atoms. The molecule has 0 amide bonds. The molecular weight excluding hydrogens is 240 g/mol. The van der Waals surface area contributed by atoms with Crippen LogP contribution >= 0.6 is 0 Å². The minimum Gasteiger partial charge on any atom is -0.394 e. The van der Waals surface area contributed by atoms with Gasteiger partial charge in [-0.2, -0.15) is 0 Å². The third-order valence-corrected chi connectivity index (χ3v) is 3.18. The molecule has 100 valence electrons. The van der Waals surface area contributed by atoms with Crippen LogP contribution in [0, 0.1) is 6.92 Å². The van der Waals surface area contributed by atoms with Crippen LogP contribution < -0.4 is 11.2 Å². The van der Waals surface area contributed by atoms with Crippen LogP contribution in [0.2, 0.25) is 0 Å². The molecule has 3 atom stereocenters. The first-order valence-corrected chi connectivity index (χ1v) is 5.69. The van der Waals surface area contributed by atoms with Crippen LogP contribution in [0.25, 0.3) is 0 Å². The first kappa shape index (κ1) is 13.0. The van der Waals surface area contributed by atoms with E-state index in [0.717, 1.165) is 4.57 Å². The van der Waals surface area contributed by atoms with E-state index in [4.69, 9.17) is 9.84 Å². The lowest BCUT2D eigenvalue weighted by Gasteiger charge is -2.16. The number of rotatable bonds is 2. The third kappa shape index (κ3) is 2.00. The summed E-state index contributed by atoms with van der Waals surface area (Å²) in [7, 11) is 1.39. The molecule has 1 aromatic rings. The van der Waals surface area contributed by atoms with Gasteiger partial charge >= 0.3 is 5.69 Å². The summed E-state index contributed by atoms with van der Waals surface area (Å²) in [6.45, 7) is 1.30. The van der Waals surface area contributed by atoms with E-state index >= 15 is 0 Å². The predicted molar refractivity (Wildman–Crippen MR) is 62.3 cm³/mol. The Labute approximate surface area is 103 Å². The largest absolute Gasteiger partial charge is 0.394 e. The molecule has 7 nitrogen and oxygen atoms in total. The zero-order valence-corrected chi connectivity index (χ0v) is 10.2. The third-order valence-electron chi connectivity index (χ3n) is 3.18. The molecule has 1 saturated heterocycles. The van der Waals surface area contributed by atoms with Crippen molar-refractivity contribution >= 4 is 0 Å². The van der Waals surface area contributed by atoms with Crippen molar-refractivity contribution in [2.45, 2.75) is 31.8 Å². The first-order valence-electron chi connectivity index (χ1n) is 5.69. The minimum atomic E-state index is -0.815. The summed E-state index contributed by atoms with van der Waals surface area (Å²) in [4.78, 5) is 23.5. The lowest BCUT2D eigenvalue weighted by molar-refractivity contribution is -0.0463. The van der Waals surface area contributed by atoms with E-state index in [0.29, 0.717) is 5.56 Å². The Morgan fingerprint density at radius 1 is 1.50 bits per heavy atom. The maximum absolute atomic E-state index is 11.9. The van der Waals surface area contributed by atoms with Crippen LogP contribution in [-0.4, -0.2) is 38.2 Å². The van der Waals surface area contributed by atoms with Crippen LogP contribution in [0.4, 0.5) is 0 Å². The van der Waals surface area contributed by atoms with Crippen LogP contribution in [0.15, 0.2) is 15.8 Å². The van der Waals surface area contributed by atoms with Crippen molar-refractivity contribution in [1.29, 1.82) is 0 Å². The van der Waals surface area contributed by atoms with Crippen molar-refractivity contribution < 1.29 is 14.9 Å². The lowest BCUT2D eigenvalue weighted by atomic mass is 10.2. The summed E-state index contributed by atoms with van der Waals surface area (Å²) in [5, 5.41) is 18.6. The molecule has 2 N–H and O–H groups in total. The SMILES string of the molecule is Cc1cn(C2C[C@H](O)[C@@H](CO)O2)c(=O)n(C)c1=O. The van der Waals surface area contributed by atoms with Crippen LogP contribution in [0.5, 0.6) is 0 Å². The second-order valence-electron chi connectivity index (χ2n) is 4.48. The van der Waals surface area contributed by atoms with E-state index in [1.807, 2.05) is 0 Å². The minimum absolute atomic E-state index is 0.211. The second-order valence-corrected chi connectivity index (χ2v) is 4.48. The van der Waals surface area contributed by atoms with Gasteiger partial charge in [0.1, 0.15) is 12.3 Å². The molecule has 0 saturated carbocycles. The number of hydrogen-bond donors (Lipinski definition) is 2. The first-order chi connectivity index (χ1) is 8.45. The molecule has 1 aliphatic heterocycles. The molecule has 0 aliphatic carbocycles. The second kappa shape index (κ2) is 4.68. The maximum atomic E-state index is 11.9. The molecule has 2 rings (SSSR count). The molecule has 1 fully saturated rings. The highest BCUT2D eigenvalue weighted by Crippen LogP contribution is 2.27. The van der Waals surface area contributed by atoms with E-state index in [-0.39, 0.29) is 18.6 Å². The van der Waals surface area contributed by atoms with Crippen LogP contribution in [0.1, 0.15) is 18.2 Å². The summed E-state index contributed by atoms with van der Waals surface area (Å²) < 4.78 is 7.66. The van der Waals surface area contributed by atoms with E-state index in [1.54, 1.807) is 6.92 Å². The molecule has 0 radical (unpaired) electrons. The molecular formula is C11H16N2O5. The molecule has 1 aromatic heterocycles. The number of aryl methyl sites for hydroxylation is 1. The average Bonchev–Trinajstić information content (AvgIpc) is 2.72. The van der Waals surface area contributed by atoms with Gasteiger partial charge in [0.05, 0.1) is 12.7 Å². The van der Waals surface area contributed by atoms with Crippen molar-refractivity contribution in [3.63, 3.8) is 0 Å². The summed E-state index contributed by atoms with van der Waals surface area (Å²) in [5.41, 5.74) is -0.433.